The van der Waals surface area contributed by atoms with Crippen LogP contribution in [-0.4, -0.2) is 29.2 Å². The largest absolute Gasteiger partial charge is 0.371 e. The number of carbonyl (C=O) groups is 1. The van der Waals surface area contributed by atoms with Crippen LogP contribution in [0, 0.1) is 0 Å². The molecule has 1 amide bonds. The van der Waals surface area contributed by atoms with E-state index in [1.807, 2.05) is 61.7 Å². The SMILES string of the molecule is CC.O=C(NCc1cc(-c2cccs2)n[nH]1)c1ccccc1N1CCCCC1. The summed E-state index contributed by atoms with van der Waals surface area (Å²) in [7, 11) is 0. The number of carbonyl (C=O) groups excluding carboxylic acids is 1. The molecular formula is C22H28N4OS. The molecule has 28 heavy (non-hydrogen) atoms. The molecule has 1 saturated heterocycles. The van der Waals surface area contributed by atoms with Crippen molar-refractivity contribution in [2.75, 3.05) is 18.0 Å². The van der Waals surface area contributed by atoms with Gasteiger partial charge in [0.2, 0.25) is 0 Å². The van der Waals surface area contributed by atoms with Crippen LogP contribution in [-0.2, 0) is 6.54 Å². The summed E-state index contributed by atoms with van der Waals surface area (Å²) in [5.74, 6) is -0.0431. The van der Waals surface area contributed by atoms with Gasteiger partial charge in [-0.25, -0.2) is 0 Å². The summed E-state index contributed by atoms with van der Waals surface area (Å²) in [6, 6.07) is 13.9. The topological polar surface area (TPSA) is 61.0 Å². The lowest BCUT2D eigenvalue weighted by molar-refractivity contribution is 0.0951. The van der Waals surface area contributed by atoms with E-state index in [9.17, 15) is 4.79 Å². The second-order valence-electron chi connectivity index (χ2n) is 6.50. The molecule has 1 aliphatic heterocycles. The minimum absolute atomic E-state index is 0.0431. The predicted molar refractivity (Wildman–Crippen MR) is 117 cm³/mol. The summed E-state index contributed by atoms with van der Waals surface area (Å²) in [6.45, 7) is 6.48. The molecule has 0 spiro atoms. The van der Waals surface area contributed by atoms with Crippen LogP contribution in [0.4, 0.5) is 5.69 Å². The number of hydrogen-bond acceptors (Lipinski definition) is 4. The van der Waals surface area contributed by atoms with Crippen LogP contribution in [0.2, 0.25) is 0 Å². The smallest absolute Gasteiger partial charge is 0.253 e. The van der Waals surface area contributed by atoms with Gasteiger partial charge in [0.05, 0.1) is 22.7 Å². The number of H-pyrrole nitrogens is 1. The van der Waals surface area contributed by atoms with Crippen LogP contribution in [0.1, 0.15) is 49.2 Å². The highest BCUT2D eigenvalue weighted by molar-refractivity contribution is 7.13. The molecular weight excluding hydrogens is 368 g/mol. The molecule has 3 heterocycles. The number of para-hydroxylation sites is 1. The van der Waals surface area contributed by atoms with E-state index in [4.69, 9.17) is 0 Å². The van der Waals surface area contributed by atoms with E-state index in [-0.39, 0.29) is 5.91 Å². The maximum absolute atomic E-state index is 12.7. The third-order valence-corrected chi connectivity index (χ3v) is 5.58. The van der Waals surface area contributed by atoms with Crippen LogP contribution in [0.3, 0.4) is 0 Å². The standard InChI is InChI=1S/C20H22N4OS.C2H6/c25-20(16-7-2-3-8-18(16)24-10-4-1-5-11-24)21-14-15-13-17(23-22-15)19-9-6-12-26-19;1-2/h2-3,6-9,12-13H,1,4-5,10-11,14H2,(H,21,25)(H,22,23);1-2H3. The van der Waals surface area contributed by atoms with E-state index in [0.29, 0.717) is 6.54 Å². The number of anilines is 1. The van der Waals surface area contributed by atoms with Gasteiger partial charge in [0.15, 0.2) is 0 Å². The van der Waals surface area contributed by atoms with Crippen LogP contribution in [0.5, 0.6) is 0 Å². The first-order valence-electron chi connectivity index (χ1n) is 10.0. The van der Waals surface area contributed by atoms with Gasteiger partial charge in [-0.15, -0.1) is 11.3 Å². The highest BCUT2D eigenvalue weighted by atomic mass is 32.1. The van der Waals surface area contributed by atoms with Crippen molar-refractivity contribution in [3.63, 3.8) is 0 Å². The molecule has 0 bridgehead atoms. The minimum Gasteiger partial charge on any atom is -0.371 e. The quantitative estimate of drug-likeness (QED) is 0.632. The number of amides is 1. The van der Waals surface area contributed by atoms with Crippen molar-refractivity contribution >= 4 is 22.9 Å². The van der Waals surface area contributed by atoms with Gasteiger partial charge in [-0.3, -0.25) is 9.89 Å². The molecule has 4 rings (SSSR count). The first-order valence-corrected chi connectivity index (χ1v) is 10.9. The lowest BCUT2D eigenvalue weighted by Gasteiger charge is -2.30. The number of rotatable bonds is 5. The number of aromatic amines is 1. The Labute approximate surface area is 170 Å². The van der Waals surface area contributed by atoms with Gasteiger partial charge >= 0.3 is 0 Å². The third kappa shape index (κ3) is 4.81. The zero-order chi connectivity index (χ0) is 19.8. The molecule has 0 unspecified atom stereocenters. The summed E-state index contributed by atoms with van der Waals surface area (Å²) in [4.78, 5) is 16.2. The highest BCUT2D eigenvalue weighted by Crippen LogP contribution is 2.25. The van der Waals surface area contributed by atoms with Crippen LogP contribution in [0.15, 0.2) is 47.8 Å². The molecule has 0 aliphatic carbocycles. The van der Waals surface area contributed by atoms with E-state index >= 15 is 0 Å². The molecule has 1 aliphatic rings. The van der Waals surface area contributed by atoms with Crippen LogP contribution < -0.4 is 10.2 Å². The first-order chi connectivity index (χ1) is 13.8. The van der Waals surface area contributed by atoms with Crippen molar-refractivity contribution in [2.45, 2.75) is 39.7 Å². The zero-order valence-corrected chi connectivity index (χ0v) is 17.4. The number of piperidine rings is 1. The Morgan fingerprint density at radius 1 is 1.14 bits per heavy atom. The Bertz CT molecular complexity index is 866. The maximum atomic E-state index is 12.7. The summed E-state index contributed by atoms with van der Waals surface area (Å²) in [6.07, 6.45) is 3.66. The number of thiophene rings is 1. The Kier molecular flexibility index (Phi) is 7.25. The van der Waals surface area contributed by atoms with Gasteiger partial charge in [0.25, 0.3) is 5.91 Å². The Morgan fingerprint density at radius 3 is 2.68 bits per heavy atom. The molecule has 1 fully saturated rings. The summed E-state index contributed by atoms with van der Waals surface area (Å²) >= 11 is 1.65. The highest BCUT2D eigenvalue weighted by Gasteiger charge is 2.18. The number of benzene rings is 1. The fraction of sp³-hybridized carbons (Fsp3) is 0.364. The molecule has 1 aromatic carbocycles. The number of aromatic nitrogens is 2. The second kappa shape index (κ2) is 10.1. The molecule has 5 nitrogen and oxygen atoms in total. The lowest BCUT2D eigenvalue weighted by Crippen LogP contribution is -2.32. The van der Waals surface area contributed by atoms with Gasteiger partial charge < -0.3 is 10.2 Å². The van der Waals surface area contributed by atoms with Crippen molar-refractivity contribution in [2.24, 2.45) is 0 Å². The summed E-state index contributed by atoms with van der Waals surface area (Å²) in [5.41, 5.74) is 3.59. The van der Waals surface area contributed by atoms with Crippen molar-refractivity contribution in [3.8, 4) is 10.6 Å². The monoisotopic (exact) mass is 396 g/mol. The average molecular weight is 397 g/mol. The fourth-order valence-electron chi connectivity index (χ4n) is 3.35. The Hall–Kier alpha value is -2.60. The molecule has 2 N–H and O–H groups in total. The Morgan fingerprint density at radius 2 is 1.93 bits per heavy atom. The van der Waals surface area contributed by atoms with Crippen molar-refractivity contribution < 1.29 is 4.79 Å². The molecule has 0 atom stereocenters. The normalized spacial score (nSPS) is 13.6. The van der Waals surface area contributed by atoms with Crippen molar-refractivity contribution in [1.29, 1.82) is 0 Å². The van der Waals surface area contributed by atoms with E-state index < -0.39 is 0 Å². The predicted octanol–water partition coefficient (Wildman–Crippen LogP) is 5.08. The molecule has 0 saturated carbocycles. The van der Waals surface area contributed by atoms with Crippen molar-refractivity contribution in [3.05, 3.63) is 59.1 Å². The van der Waals surface area contributed by atoms with E-state index in [0.717, 1.165) is 40.6 Å². The first kappa shape index (κ1) is 20.1. The lowest BCUT2D eigenvalue weighted by atomic mass is 10.1. The Balaban J connectivity index is 0.00000109. The second-order valence-corrected chi connectivity index (χ2v) is 7.45. The molecule has 2 aromatic heterocycles. The average Bonchev–Trinajstić information content (AvgIpc) is 3.46. The number of hydrogen-bond donors (Lipinski definition) is 2. The van der Waals surface area contributed by atoms with Crippen LogP contribution >= 0.6 is 11.3 Å². The zero-order valence-electron chi connectivity index (χ0n) is 16.6. The molecule has 6 heteroatoms. The van der Waals surface area contributed by atoms with Gasteiger partial charge in [-0.1, -0.05) is 32.0 Å². The molecule has 148 valence electrons. The minimum atomic E-state index is -0.0431. The van der Waals surface area contributed by atoms with Gasteiger partial charge in [-0.05, 0) is 48.9 Å². The van der Waals surface area contributed by atoms with Gasteiger partial charge in [0.1, 0.15) is 5.69 Å². The summed E-state index contributed by atoms with van der Waals surface area (Å²) in [5, 5.41) is 12.4. The number of nitrogens with one attached hydrogen (secondary N) is 2. The van der Waals surface area contributed by atoms with E-state index in [1.165, 1.54) is 19.3 Å². The molecule has 3 aromatic rings. The number of nitrogens with zero attached hydrogens (tertiary/aromatic N) is 2. The van der Waals surface area contributed by atoms with Crippen LogP contribution in [0.25, 0.3) is 10.6 Å². The summed E-state index contributed by atoms with van der Waals surface area (Å²) < 4.78 is 0. The third-order valence-electron chi connectivity index (χ3n) is 4.69. The maximum Gasteiger partial charge on any atom is 0.253 e. The van der Waals surface area contributed by atoms with Gasteiger partial charge in [0, 0.05) is 18.8 Å². The van der Waals surface area contributed by atoms with E-state index in [2.05, 4.69) is 20.4 Å². The van der Waals surface area contributed by atoms with Gasteiger partial charge in [-0.2, -0.15) is 5.10 Å². The van der Waals surface area contributed by atoms with Crippen molar-refractivity contribution in [1.82, 2.24) is 15.5 Å². The fourth-order valence-corrected chi connectivity index (χ4v) is 4.04. The molecule has 0 radical (unpaired) electrons. The van der Waals surface area contributed by atoms with E-state index in [1.54, 1.807) is 11.3 Å².